The number of likely N-dealkylation sites (tertiary alicyclic amines) is 1. The van der Waals surface area contributed by atoms with Gasteiger partial charge in [0.05, 0.1) is 0 Å². The van der Waals surface area contributed by atoms with Crippen LogP contribution in [0.1, 0.15) is 32.1 Å². The second-order valence-electron chi connectivity index (χ2n) is 6.26. The van der Waals surface area contributed by atoms with Gasteiger partial charge in [-0.15, -0.1) is 0 Å². The molecular weight excluding hydrogens is 184 g/mol. The Labute approximate surface area is 93.4 Å². The molecule has 2 unspecified atom stereocenters. The Balaban J connectivity index is 1.61. The number of nitrogens with one attached hydrogen (secondary N) is 1. The molecule has 2 heterocycles. The SMILES string of the molecule is CN1CCC(C2CNCC3(CCC3)C2)C1. The minimum atomic E-state index is 0.740. The standard InChI is InChI=1S/C13H24N2/c1-15-6-3-11(9-15)12-7-13(4-2-5-13)10-14-8-12/h11-12,14H,2-10H2,1H3. The lowest BCUT2D eigenvalue weighted by molar-refractivity contribution is 0.0446. The molecule has 3 aliphatic rings. The fraction of sp³-hybridized carbons (Fsp3) is 1.00. The quantitative estimate of drug-likeness (QED) is 0.706. The molecule has 15 heavy (non-hydrogen) atoms. The maximum absolute atomic E-state index is 3.70. The Morgan fingerprint density at radius 2 is 2.13 bits per heavy atom. The van der Waals surface area contributed by atoms with Gasteiger partial charge in [0.15, 0.2) is 0 Å². The fourth-order valence-corrected chi connectivity index (χ4v) is 3.97. The van der Waals surface area contributed by atoms with Gasteiger partial charge in [-0.3, -0.25) is 0 Å². The Hall–Kier alpha value is -0.0800. The molecule has 2 nitrogen and oxygen atoms in total. The van der Waals surface area contributed by atoms with Gasteiger partial charge in [-0.25, -0.2) is 0 Å². The van der Waals surface area contributed by atoms with Gasteiger partial charge in [-0.05, 0) is 63.1 Å². The Morgan fingerprint density at radius 1 is 1.27 bits per heavy atom. The molecule has 2 heteroatoms. The summed E-state index contributed by atoms with van der Waals surface area (Å²) in [6.07, 6.45) is 7.45. The van der Waals surface area contributed by atoms with Crippen LogP contribution in [0.15, 0.2) is 0 Å². The number of hydrogen-bond donors (Lipinski definition) is 1. The first-order valence-electron chi connectivity index (χ1n) is 6.67. The zero-order valence-electron chi connectivity index (χ0n) is 9.97. The first-order valence-corrected chi connectivity index (χ1v) is 6.67. The van der Waals surface area contributed by atoms with E-state index in [9.17, 15) is 0 Å². The maximum Gasteiger partial charge on any atom is 0.00102 e. The highest BCUT2D eigenvalue weighted by molar-refractivity contribution is 4.97. The summed E-state index contributed by atoms with van der Waals surface area (Å²) in [5.41, 5.74) is 0.740. The van der Waals surface area contributed by atoms with E-state index in [1.54, 1.807) is 0 Å². The van der Waals surface area contributed by atoms with Crippen molar-refractivity contribution in [3.8, 4) is 0 Å². The largest absolute Gasteiger partial charge is 0.316 e. The summed E-state index contributed by atoms with van der Waals surface area (Å²) in [6, 6.07) is 0. The number of nitrogens with zero attached hydrogens (tertiary/aromatic N) is 1. The van der Waals surface area contributed by atoms with Crippen molar-refractivity contribution < 1.29 is 0 Å². The van der Waals surface area contributed by atoms with Crippen LogP contribution >= 0.6 is 0 Å². The molecule has 2 aliphatic heterocycles. The number of piperidine rings is 1. The maximum atomic E-state index is 3.70. The monoisotopic (exact) mass is 208 g/mol. The molecule has 0 aromatic carbocycles. The number of rotatable bonds is 1. The highest BCUT2D eigenvalue weighted by atomic mass is 15.1. The van der Waals surface area contributed by atoms with Gasteiger partial charge < -0.3 is 10.2 Å². The Morgan fingerprint density at radius 3 is 2.73 bits per heavy atom. The third-order valence-electron chi connectivity index (χ3n) is 5.11. The smallest absolute Gasteiger partial charge is 0.00102 e. The van der Waals surface area contributed by atoms with Crippen LogP contribution in [-0.2, 0) is 0 Å². The van der Waals surface area contributed by atoms with Crippen LogP contribution in [-0.4, -0.2) is 38.1 Å². The van der Waals surface area contributed by atoms with Crippen LogP contribution in [0.5, 0.6) is 0 Å². The van der Waals surface area contributed by atoms with E-state index >= 15 is 0 Å². The van der Waals surface area contributed by atoms with E-state index in [-0.39, 0.29) is 0 Å². The molecule has 1 aliphatic carbocycles. The van der Waals surface area contributed by atoms with Crippen molar-refractivity contribution in [3.05, 3.63) is 0 Å². The third kappa shape index (κ3) is 1.83. The Kier molecular flexibility index (Phi) is 2.52. The van der Waals surface area contributed by atoms with E-state index in [4.69, 9.17) is 0 Å². The van der Waals surface area contributed by atoms with E-state index in [1.807, 2.05) is 0 Å². The minimum Gasteiger partial charge on any atom is -0.316 e. The summed E-state index contributed by atoms with van der Waals surface area (Å²) in [5.74, 6) is 1.96. The summed E-state index contributed by atoms with van der Waals surface area (Å²) in [4.78, 5) is 2.51. The molecule has 86 valence electrons. The van der Waals surface area contributed by atoms with Gasteiger partial charge in [-0.1, -0.05) is 6.42 Å². The van der Waals surface area contributed by atoms with Crippen molar-refractivity contribution in [2.75, 3.05) is 33.2 Å². The van der Waals surface area contributed by atoms with E-state index in [0.29, 0.717) is 0 Å². The van der Waals surface area contributed by atoms with E-state index < -0.39 is 0 Å². The second-order valence-corrected chi connectivity index (χ2v) is 6.26. The summed E-state index contributed by atoms with van der Waals surface area (Å²) < 4.78 is 0. The average molecular weight is 208 g/mol. The van der Waals surface area contributed by atoms with Gasteiger partial charge in [0.2, 0.25) is 0 Å². The predicted octanol–water partition coefficient (Wildman–Crippen LogP) is 1.72. The molecule has 0 bridgehead atoms. The predicted molar refractivity (Wildman–Crippen MR) is 62.9 cm³/mol. The van der Waals surface area contributed by atoms with Gasteiger partial charge >= 0.3 is 0 Å². The van der Waals surface area contributed by atoms with Crippen molar-refractivity contribution in [2.45, 2.75) is 32.1 Å². The lowest BCUT2D eigenvalue weighted by Gasteiger charge is -2.49. The van der Waals surface area contributed by atoms with Crippen LogP contribution in [0, 0.1) is 17.3 Å². The van der Waals surface area contributed by atoms with Crippen molar-refractivity contribution in [1.29, 1.82) is 0 Å². The van der Waals surface area contributed by atoms with Gasteiger partial charge in [0.25, 0.3) is 0 Å². The highest BCUT2D eigenvalue weighted by Crippen LogP contribution is 2.48. The minimum absolute atomic E-state index is 0.740. The molecule has 3 rings (SSSR count). The highest BCUT2D eigenvalue weighted by Gasteiger charge is 2.43. The van der Waals surface area contributed by atoms with Crippen LogP contribution < -0.4 is 5.32 Å². The molecule has 3 fully saturated rings. The average Bonchev–Trinajstić information content (AvgIpc) is 2.63. The molecular formula is C13H24N2. The molecule has 1 saturated carbocycles. The van der Waals surface area contributed by atoms with Crippen molar-refractivity contribution in [3.63, 3.8) is 0 Å². The molecule has 0 amide bonds. The summed E-state index contributed by atoms with van der Waals surface area (Å²) >= 11 is 0. The summed E-state index contributed by atoms with van der Waals surface area (Å²) in [5, 5.41) is 3.70. The summed E-state index contributed by atoms with van der Waals surface area (Å²) in [7, 11) is 2.27. The molecule has 0 aromatic heterocycles. The van der Waals surface area contributed by atoms with Crippen LogP contribution in [0.25, 0.3) is 0 Å². The third-order valence-corrected chi connectivity index (χ3v) is 5.11. The first-order chi connectivity index (χ1) is 7.27. The van der Waals surface area contributed by atoms with E-state index in [0.717, 1.165) is 17.3 Å². The second kappa shape index (κ2) is 3.74. The molecule has 0 radical (unpaired) electrons. The lowest BCUT2D eigenvalue weighted by atomic mass is 9.61. The lowest BCUT2D eigenvalue weighted by Crippen LogP contribution is -2.50. The number of hydrogen-bond acceptors (Lipinski definition) is 2. The van der Waals surface area contributed by atoms with E-state index in [2.05, 4.69) is 17.3 Å². The van der Waals surface area contributed by atoms with Gasteiger partial charge in [0, 0.05) is 13.1 Å². The van der Waals surface area contributed by atoms with Crippen molar-refractivity contribution in [2.24, 2.45) is 17.3 Å². The molecule has 2 saturated heterocycles. The fourth-order valence-electron chi connectivity index (χ4n) is 3.97. The molecule has 2 atom stereocenters. The van der Waals surface area contributed by atoms with Crippen molar-refractivity contribution >= 4 is 0 Å². The van der Waals surface area contributed by atoms with E-state index in [1.165, 1.54) is 58.3 Å². The first kappa shape index (κ1) is 10.1. The van der Waals surface area contributed by atoms with Crippen LogP contribution in [0.4, 0.5) is 0 Å². The van der Waals surface area contributed by atoms with Crippen molar-refractivity contribution in [1.82, 2.24) is 10.2 Å². The molecule has 0 aromatic rings. The van der Waals surface area contributed by atoms with Gasteiger partial charge in [0.1, 0.15) is 0 Å². The van der Waals surface area contributed by atoms with Crippen LogP contribution in [0.2, 0.25) is 0 Å². The zero-order valence-corrected chi connectivity index (χ0v) is 9.97. The zero-order chi connectivity index (χ0) is 10.3. The molecule has 1 N–H and O–H groups in total. The Bertz CT molecular complexity index is 235. The van der Waals surface area contributed by atoms with Gasteiger partial charge in [-0.2, -0.15) is 0 Å². The molecule has 1 spiro atoms. The summed E-state index contributed by atoms with van der Waals surface area (Å²) in [6.45, 7) is 5.28. The normalized spacial score (nSPS) is 40.6. The topological polar surface area (TPSA) is 15.3 Å². The van der Waals surface area contributed by atoms with Crippen LogP contribution in [0.3, 0.4) is 0 Å².